The highest BCUT2D eigenvalue weighted by Gasteiger charge is 2.13. The van der Waals surface area contributed by atoms with E-state index in [1.165, 1.54) is 88.3 Å². The Morgan fingerprint density at radius 1 is 0.286 bits per heavy atom. The van der Waals surface area contributed by atoms with Crippen molar-refractivity contribution >= 4 is 21.5 Å². The largest absolute Gasteiger partial charge is 0.0620 e. The van der Waals surface area contributed by atoms with Crippen LogP contribution in [0.2, 0.25) is 0 Å². The molecule has 0 N–H and O–H groups in total. The van der Waals surface area contributed by atoms with Crippen LogP contribution in [0.5, 0.6) is 0 Å². The first-order valence-corrected chi connectivity index (χ1v) is 14.8. The van der Waals surface area contributed by atoms with Crippen LogP contribution in [0, 0.1) is 27.7 Å². The molecule has 0 saturated heterocycles. The summed E-state index contributed by atoms with van der Waals surface area (Å²) >= 11 is 0. The van der Waals surface area contributed by atoms with Crippen molar-refractivity contribution in [3.63, 3.8) is 0 Å². The molecular formula is C42H34. The van der Waals surface area contributed by atoms with Gasteiger partial charge in [0.25, 0.3) is 0 Å². The SMILES string of the molecule is Cc1ccccc1-c1cc(-c2cccc3cc4c(-c5ccc(C)c(-c6ccccc6C)c5)cccc4cc23)ccc1C. The smallest absolute Gasteiger partial charge is 0.00990 e. The molecule has 0 aliphatic rings. The summed E-state index contributed by atoms with van der Waals surface area (Å²) in [5, 5.41) is 5.09. The molecule has 42 heavy (non-hydrogen) atoms. The molecule has 7 rings (SSSR count). The quantitative estimate of drug-likeness (QED) is 0.196. The second-order valence-corrected chi connectivity index (χ2v) is 11.6. The molecule has 0 aromatic heterocycles. The van der Waals surface area contributed by atoms with E-state index in [0.29, 0.717) is 0 Å². The van der Waals surface area contributed by atoms with Gasteiger partial charge < -0.3 is 0 Å². The van der Waals surface area contributed by atoms with Gasteiger partial charge in [-0.25, -0.2) is 0 Å². The van der Waals surface area contributed by atoms with Gasteiger partial charge in [-0.05, 0) is 140 Å². The van der Waals surface area contributed by atoms with Crippen molar-refractivity contribution < 1.29 is 0 Å². The molecule has 0 unspecified atom stereocenters. The lowest BCUT2D eigenvalue weighted by atomic mass is 9.88. The maximum atomic E-state index is 2.38. The van der Waals surface area contributed by atoms with Crippen molar-refractivity contribution in [3.05, 3.63) is 156 Å². The van der Waals surface area contributed by atoms with Crippen molar-refractivity contribution in [1.82, 2.24) is 0 Å². The molecule has 0 heteroatoms. The molecule has 0 saturated carbocycles. The predicted molar refractivity (Wildman–Crippen MR) is 182 cm³/mol. The Labute approximate surface area is 248 Å². The number of hydrogen-bond acceptors (Lipinski definition) is 0. The summed E-state index contributed by atoms with van der Waals surface area (Å²) in [7, 11) is 0. The Morgan fingerprint density at radius 3 is 1.10 bits per heavy atom. The van der Waals surface area contributed by atoms with Gasteiger partial charge in [0.1, 0.15) is 0 Å². The molecule has 7 aromatic carbocycles. The minimum absolute atomic E-state index is 1.25. The molecule has 0 radical (unpaired) electrons. The van der Waals surface area contributed by atoms with E-state index >= 15 is 0 Å². The zero-order chi connectivity index (χ0) is 28.8. The Hall–Kier alpha value is -4.94. The summed E-state index contributed by atoms with van der Waals surface area (Å²) in [5.41, 5.74) is 15.4. The van der Waals surface area contributed by atoms with Crippen LogP contribution < -0.4 is 0 Å². The fourth-order valence-corrected chi connectivity index (χ4v) is 6.46. The highest BCUT2D eigenvalue weighted by molar-refractivity contribution is 6.09. The first-order chi connectivity index (χ1) is 20.5. The lowest BCUT2D eigenvalue weighted by Gasteiger charge is -2.15. The first-order valence-electron chi connectivity index (χ1n) is 14.8. The van der Waals surface area contributed by atoms with Crippen molar-refractivity contribution in [2.75, 3.05) is 0 Å². The van der Waals surface area contributed by atoms with E-state index in [-0.39, 0.29) is 0 Å². The van der Waals surface area contributed by atoms with Crippen LogP contribution in [-0.4, -0.2) is 0 Å². The Morgan fingerprint density at radius 2 is 0.667 bits per heavy atom. The minimum Gasteiger partial charge on any atom is -0.0620 e. The number of hydrogen-bond donors (Lipinski definition) is 0. The summed E-state index contributed by atoms with van der Waals surface area (Å²) in [4.78, 5) is 0. The number of rotatable bonds is 4. The standard InChI is InChI=1S/C42H34/c1-27-11-5-7-15-35(27)39-23-33(21-19-29(39)3)37-17-9-13-31-26-42-32(25-41(31)37)14-10-18-38(42)34-22-20-30(4)40(24-34)36-16-8-6-12-28(36)2/h5-26H,1-4H3. The van der Waals surface area contributed by atoms with Gasteiger partial charge in [0.05, 0.1) is 0 Å². The molecule has 202 valence electrons. The topological polar surface area (TPSA) is 0 Å². The Bertz CT molecular complexity index is 1970. The van der Waals surface area contributed by atoms with Crippen LogP contribution in [0.15, 0.2) is 133 Å². The summed E-state index contributed by atoms with van der Waals surface area (Å²) in [6, 6.07) is 49.3. The first kappa shape index (κ1) is 26.0. The van der Waals surface area contributed by atoms with Gasteiger partial charge in [-0.1, -0.05) is 109 Å². The number of benzene rings is 7. The molecule has 0 spiro atoms. The molecule has 0 atom stereocenters. The third-order valence-electron chi connectivity index (χ3n) is 8.85. The summed E-state index contributed by atoms with van der Waals surface area (Å²) in [5.74, 6) is 0. The third-order valence-corrected chi connectivity index (χ3v) is 8.85. The molecule has 0 bridgehead atoms. The second kappa shape index (κ2) is 10.5. The lowest BCUT2D eigenvalue weighted by Crippen LogP contribution is -1.90. The monoisotopic (exact) mass is 538 g/mol. The van der Waals surface area contributed by atoms with E-state index in [9.17, 15) is 0 Å². The zero-order valence-electron chi connectivity index (χ0n) is 24.7. The van der Waals surface area contributed by atoms with Gasteiger partial charge in [0.2, 0.25) is 0 Å². The fraction of sp³-hybridized carbons (Fsp3) is 0.0952. The maximum absolute atomic E-state index is 2.38. The van der Waals surface area contributed by atoms with E-state index in [0.717, 1.165) is 0 Å². The summed E-state index contributed by atoms with van der Waals surface area (Å²) in [6.07, 6.45) is 0. The van der Waals surface area contributed by atoms with Crippen LogP contribution in [0.1, 0.15) is 22.3 Å². The van der Waals surface area contributed by atoms with Gasteiger partial charge in [0.15, 0.2) is 0 Å². The molecule has 0 aliphatic heterocycles. The van der Waals surface area contributed by atoms with Gasteiger partial charge in [0, 0.05) is 0 Å². The Balaban J connectivity index is 1.39. The second-order valence-electron chi connectivity index (χ2n) is 11.6. The highest BCUT2D eigenvalue weighted by Crippen LogP contribution is 2.39. The normalized spacial score (nSPS) is 11.3. The van der Waals surface area contributed by atoms with Crippen LogP contribution >= 0.6 is 0 Å². The molecule has 0 fully saturated rings. The van der Waals surface area contributed by atoms with Crippen LogP contribution in [0.25, 0.3) is 66.1 Å². The average molecular weight is 539 g/mol. The fourth-order valence-electron chi connectivity index (χ4n) is 6.46. The van der Waals surface area contributed by atoms with E-state index in [1.54, 1.807) is 0 Å². The molecule has 0 aliphatic carbocycles. The van der Waals surface area contributed by atoms with Crippen LogP contribution in [0.3, 0.4) is 0 Å². The van der Waals surface area contributed by atoms with Crippen molar-refractivity contribution in [2.24, 2.45) is 0 Å². The third kappa shape index (κ3) is 4.50. The molecule has 0 nitrogen and oxygen atoms in total. The van der Waals surface area contributed by atoms with Crippen LogP contribution in [0.4, 0.5) is 0 Å². The molecule has 7 aromatic rings. The van der Waals surface area contributed by atoms with Crippen LogP contribution in [-0.2, 0) is 0 Å². The van der Waals surface area contributed by atoms with Crippen molar-refractivity contribution in [2.45, 2.75) is 27.7 Å². The maximum Gasteiger partial charge on any atom is -0.00990 e. The van der Waals surface area contributed by atoms with Gasteiger partial charge in [-0.15, -0.1) is 0 Å². The zero-order valence-corrected chi connectivity index (χ0v) is 24.7. The van der Waals surface area contributed by atoms with E-state index in [2.05, 4.69) is 161 Å². The summed E-state index contributed by atoms with van der Waals surface area (Å²) in [6.45, 7) is 8.81. The van der Waals surface area contributed by atoms with Crippen molar-refractivity contribution in [1.29, 1.82) is 0 Å². The van der Waals surface area contributed by atoms with E-state index in [1.807, 2.05) is 0 Å². The number of fused-ring (bicyclic) bond motifs is 2. The van der Waals surface area contributed by atoms with E-state index < -0.39 is 0 Å². The minimum atomic E-state index is 1.25. The molecular weight excluding hydrogens is 504 g/mol. The van der Waals surface area contributed by atoms with Gasteiger partial charge >= 0.3 is 0 Å². The van der Waals surface area contributed by atoms with Gasteiger partial charge in [-0.3, -0.25) is 0 Å². The molecule has 0 heterocycles. The predicted octanol–water partition coefficient (Wildman–Crippen LogP) is 11.9. The highest BCUT2D eigenvalue weighted by atomic mass is 14.2. The van der Waals surface area contributed by atoms with E-state index in [4.69, 9.17) is 0 Å². The van der Waals surface area contributed by atoms with Crippen molar-refractivity contribution in [3.8, 4) is 44.5 Å². The average Bonchev–Trinajstić information content (AvgIpc) is 3.01. The number of aryl methyl sites for hydroxylation is 4. The summed E-state index contributed by atoms with van der Waals surface area (Å²) < 4.78 is 0. The Kier molecular flexibility index (Phi) is 6.48. The molecule has 0 amide bonds. The lowest BCUT2D eigenvalue weighted by molar-refractivity contribution is 1.41. The van der Waals surface area contributed by atoms with Gasteiger partial charge in [-0.2, -0.15) is 0 Å².